The molecule has 3 nitrogen and oxygen atoms in total. The SMILES string of the molecule is Nc1cc(CN2CCCc3ccccc32)ns1. The average molecular weight is 245 g/mol. The van der Waals surface area contributed by atoms with Gasteiger partial charge in [0.1, 0.15) is 5.00 Å². The first-order chi connectivity index (χ1) is 8.33. The molecule has 17 heavy (non-hydrogen) atoms. The molecule has 1 aromatic carbocycles. The molecule has 0 saturated carbocycles. The van der Waals surface area contributed by atoms with Gasteiger partial charge in [-0.25, -0.2) is 0 Å². The van der Waals surface area contributed by atoms with Crippen molar-refractivity contribution in [3.63, 3.8) is 0 Å². The number of benzene rings is 1. The van der Waals surface area contributed by atoms with Gasteiger partial charge in [0.25, 0.3) is 0 Å². The molecule has 2 aromatic rings. The van der Waals surface area contributed by atoms with E-state index in [1.54, 1.807) is 0 Å². The molecule has 0 fully saturated rings. The monoisotopic (exact) mass is 245 g/mol. The zero-order valence-corrected chi connectivity index (χ0v) is 10.4. The second-order valence-corrected chi connectivity index (χ2v) is 5.21. The molecular weight excluding hydrogens is 230 g/mol. The summed E-state index contributed by atoms with van der Waals surface area (Å²) in [7, 11) is 0. The van der Waals surface area contributed by atoms with Gasteiger partial charge in [-0.05, 0) is 42.1 Å². The van der Waals surface area contributed by atoms with Crippen LogP contribution in [0.3, 0.4) is 0 Å². The number of hydrogen-bond acceptors (Lipinski definition) is 4. The molecule has 0 atom stereocenters. The van der Waals surface area contributed by atoms with Gasteiger partial charge in [0, 0.05) is 12.2 Å². The van der Waals surface area contributed by atoms with Gasteiger partial charge in [0.05, 0.1) is 12.2 Å². The zero-order valence-electron chi connectivity index (χ0n) is 9.60. The molecule has 0 saturated heterocycles. The van der Waals surface area contributed by atoms with Gasteiger partial charge in [-0.1, -0.05) is 18.2 Å². The van der Waals surface area contributed by atoms with Crippen LogP contribution in [0.15, 0.2) is 30.3 Å². The molecule has 2 heterocycles. The van der Waals surface area contributed by atoms with Crippen molar-refractivity contribution in [1.29, 1.82) is 0 Å². The Balaban J connectivity index is 1.85. The molecule has 0 unspecified atom stereocenters. The number of fused-ring (bicyclic) bond motifs is 1. The average Bonchev–Trinajstić information content (AvgIpc) is 2.75. The third kappa shape index (κ3) is 2.13. The second-order valence-electron chi connectivity index (χ2n) is 4.37. The first-order valence-corrected chi connectivity index (χ1v) is 6.64. The maximum atomic E-state index is 5.72. The lowest BCUT2D eigenvalue weighted by Gasteiger charge is -2.30. The van der Waals surface area contributed by atoms with Crippen LogP contribution in [0.5, 0.6) is 0 Å². The largest absolute Gasteiger partial charge is 0.389 e. The Hall–Kier alpha value is -1.55. The Labute approximate surface area is 105 Å². The highest BCUT2D eigenvalue weighted by Crippen LogP contribution is 2.28. The van der Waals surface area contributed by atoms with Crippen LogP contribution in [-0.2, 0) is 13.0 Å². The summed E-state index contributed by atoms with van der Waals surface area (Å²) in [6.45, 7) is 1.97. The van der Waals surface area contributed by atoms with Crippen LogP contribution in [0.1, 0.15) is 17.7 Å². The Morgan fingerprint density at radius 3 is 3.06 bits per heavy atom. The highest BCUT2D eigenvalue weighted by atomic mass is 32.1. The van der Waals surface area contributed by atoms with E-state index in [0.29, 0.717) is 0 Å². The summed E-state index contributed by atoms with van der Waals surface area (Å²) in [6, 6.07) is 10.6. The Kier molecular flexibility index (Phi) is 2.73. The minimum Gasteiger partial charge on any atom is -0.389 e. The lowest BCUT2D eigenvalue weighted by Crippen LogP contribution is -2.28. The summed E-state index contributed by atoms with van der Waals surface area (Å²) >= 11 is 1.38. The van der Waals surface area contributed by atoms with Gasteiger partial charge in [0.2, 0.25) is 0 Å². The molecule has 0 amide bonds. The van der Waals surface area contributed by atoms with Crippen molar-refractivity contribution in [2.24, 2.45) is 0 Å². The molecule has 0 aliphatic carbocycles. The van der Waals surface area contributed by atoms with E-state index in [9.17, 15) is 0 Å². The molecule has 1 aliphatic rings. The van der Waals surface area contributed by atoms with Crippen LogP contribution in [0.2, 0.25) is 0 Å². The van der Waals surface area contributed by atoms with Gasteiger partial charge < -0.3 is 10.6 Å². The maximum Gasteiger partial charge on any atom is 0.107 e. The number of aromatic nitrogens is 1. The van der Waals surface area contributed by atoms with Crippen molar-refractivity contribution in [1.82, 2.24) is 4.37 Å². The lowest BCUT2D eigenvalue weighted by atomic mass is 10.0. The first kappa shape index (κ1) is 10.6. The van der Waals surface area contributed by atoms with E-state index in [0.717, 1.165) is 23.8 Å². The van der Waals surface area contributed by atoms with Crippen LogP contribution in [-0.4, -0.2) is 10.9 Å². The summed E-state index contributed by atoms with van der Waals surface area (Å²) in [5, 5.41) is 0.797. The van der Waals surface area contributed by atoms with E-state index >= 15 is 0 Å². The molecular formula is C13H15N3S. The fraction of sp³-hybridized carbons (Fsp3) is 0.308. The third-order valence-electron chi connectivity index (χ3n) is 3.14. The van der Waals surface area contributed by atoms with Crippen molar-refractivity contribution in [3.8, 4) is 0 Å². The fourth-order valence-corrected chi connectivity index (χ4v) is 2.90. The molecule has 0 bridgehead atoms. The van der Waals surface area contributed by atoms with Crippen molar-refractivity contribution in [2.75, 3.05) is 17.2 Å². The van der Waals surface area contributed by atoms with Gasteiger partial charge in [-0.2, -0.15) is 4.37 Å². The van der Waals surface area contributed by atoms with E-state index in [-0.39, 0.29) is 0 Å². The summed E-state index contributed by atoms with van der Waals surface area (Å²) in [6.07, 6.45) is 2.41. The predicted molar refractivity (Wildman–Crippen MR) is 72.3 cm³/mol. The van der Waals surface area contributed by atoms with E-state index in [2.05, 4.69) is 33.5 Å². The van der Waals surface area contributed by atoms with Gasteiger partial charge in [0.15, 0.2) is 0 Å². The van der Waals surface area contributed by atoms with Crippen molar-refractivity contribution >= 4 is 22.2 Å². The van der Waals surface area contributed by atoms with Gasteiger partial charge in [-0.3, -0.25) is 0 Å². The predicted octanol–water partition coefficient (Wildman–Crippen LogP) is 2.68. The van der Waals surface area contributed by atoms with Crippen LogP contribution < -0.4 is 10.6 Å². The normalized spacial score (nSPS) is 14.7. The molecule has 4 heteroatoms. The van der Waals surface area contributed by atoms with Crippen molar-refractivity contribution in [2.45, 2.75) is 19.4 Å². The number of rotatable bonds is 2. The fourth-order valence-electron chi connectivity index (χ4n) is 2.37. The number of nitrogen functional groups attached to an aromatic ring is 1. The van der Waals surface area contributed by atoms with Gasteiger partial charge >= 0.3 is 0 Å². The van der Waals surface area contributed by atoms with Gasteiger partial charge in [-0.15, -0.1) is 0 Å². The third-order valence-corrected chi connectivity index (χ3v) is 3.79. The Morgan fingerprint density at radius 1 is 1.35 bits per heavy atom. The molecule has 0 radical (unpaired) electrons. The molecule has 1 aliphatic heterocycles. The standard InChI is InChI=1S/C13H15N3S/c14-13-8-11(15-17-13)9-16-7-3-5-10-4-1-2-6-12(10)16/h1-2,4,6,8H,3,5,7,9,14H2. The van der Waals surface area contributed by atoms with Crippen molar-refractivity contribution < 1.29 is 0 Å². The molecule has 88 valence electrons. The smallest absolute Gasteiger partial charge is 0.107 e. The summed E-state index contributed by atoms with van der Waals surface area (Å²) in [5.41, 5.74) is 9.59. The van der Waals surface area contributed by atoms with E-state index in [1.165, 1.54) is 35.6 Å². The highest BCUT2D eigenvalue weighted by Gasteiger charge is 2.16. The number of aryl methyl sites for hydroxylation is 1. The number of nitrogens with zero attached hydrogens (tertiary/aromatic N) is 2. The maximum absolute atomic E-state index is 5.72. The number of nitrogens with two attached hydrogens (primary N) is 1. The van der Waals surface area contributed by atoms with E-state index < -0.39 is 0 Å². The molecule has 2 N–H and O–H groups in total. The number of hydrogen-bond donors (Lipinski definition) is 1. The summed E-state index contributed by atoms with van der Waals surface area (Å²) < 4.78 is 4.36. The van der Waals surface area contributed by atoms with Crippen molar-refractivity contribution in [3.05, 3.63) is 41.6 Å². The summed E-state index contributed by atoms with van der Waals surface area (Å²) in [4.78, 5) is 2.40. The number of para-hydroxylation sites is 1. The molecule has 1 aromatic heterocycles. The zero-order chi connectivity index (χ0) is 11.7. The number of anilines is 2. The molecule has 3 rings (SSSR count). The summed E-state index contributed by atoms with van der Waals surface area (Å²) in [5.74, 6) is 0. The Bertz CT molecular complexity index is 521. The Morgan fingerprint density at radius 2 is 2.24 bits per heavy atom. The van der Waals surface area contributed by atoms with Crippen LogP contribution in [0.25, 0.3) is 0 Å². The molecule has 0 spiro atoms. The van der Waals surface area contributed by atoms with Crippen LogP contribution in [0.4, 0.5) is 10.7 Å². The quantitative estimate of drug-likeness (QED) is 0.884. The topological polar surface area (TPSA) is 42.1 Å². The van der Waals surface area contributed by atoms with Crippen LogP contribution in [0, 0.1) is 0 Å². The second kappa shape index (κ2) is 4.37. The highest BCUT2D eigenvalue weighted by molar-refractivity contribution is 7.10. The first-order valence-electron chi connectivity index (χ1n) is 5.87. The van der Waals surface area contributed by atoms with Crippen LogP contribution >= 0.6 is 11.5 Å². The van der Waals surface area contributed by atoms with E-state index in [1.807, 2.05) is 6.07 Å². The minimum absolute atomic E-state index is 0.797. The van der Waals surface area contributed by atoms with E-state index in [4.69, 9.17) is 5.73 Å². The lowest BCUT2D eigenvalue weighted by molar-refractivity contribution is 0.687. The minimum atomic E-state index is 0.797.